The van der Waals surface area contributed by atoms with Crippen molar-refractivity contribution < 1.29 is 24.8 Å². The van der Waals surface area contributed by atoms with Crippen LogP contribution in [0.5, 0.6) is 5.88 Å². The second kappa shape index (κ2) is 7.28. The molecule has 0 radical (unpaired) electrons. The van der Waals surface area contributed by atoms with Crippen LogP contribution < -0.4 is 4.74 Å². The average Bonchev–Trinajstić information content (AvgIpc) is 3.14. The molecular formula is C17H22ClN3O5. The van der Waals surface area contributed by atoms with Crippen LogP contribution in [-0.4, -0.2) is 60.9 Å². The number of aromatic nitrogens is 3. The Morgan fingerprint density at radius 2 is 1.96 bits per heavy atom. The molecule has 2 fully saturated rings. The summed E-state index contributed by atoms with van der Waals surface area (Å²) in [6.45, 7) is -0.396. The first-order valence-corrected chi connectivity index (χ1v) is 9.28. The van der Waals surface area contributed by atoms with Gasteiger partial charge < -0.3 is 29.4 Å². The molecule has 0 spiro atoms. The van der Waals surface area contributed by atoms with Crippen molar-refractivity contribution in [3.8, 4) is 5.88 Å². The minimum atomic E-state index is -1.21. The van der Waals surface area contributed by atoms with Crippen molar-refractivity contribution in [2.75, 3.05) is 6.61 Å². The lowest BCUT2D eigenvalue weighted by atomic mass is 9.98. The van der Waals surface area contributed by atoms with Crippen molar-refractivity contribution in [3.05, 3.63) is 17.5 Å². The Kier molecular flexibility index (Phi) is 5.02. The van der Waals surface area contributed by atoms with Crippen LogP contribution in [0, 0.1) is 0 Å². The molecular weight excluding hydrogens is 362 g/mol. The molecule has 9 heteroatoms. The fourth-order valence-electron chi connectivity index (χ4n) is 3.75. The first kappa shape index (κ1) is 17.9. The van der Waals surface area contributed by atoms with E-state index < -0.39 is 31.1 Å². The number of hydrogen-bond donors (Lipinski definition) is 3. The third-order valence-electron chi connectivity index (χ3n) is 5.15. The van der Waals surface area contributed by atoms with Gasteiger partial charge in [0.1, 0.15) is 30.7 Å². The Morgan fingerprint density at radius 1 is 1.19 bits per heavy atom. The highest BCUT2D eigenvalue weighted by molar-refractivity contribution is 6.36. The molecule has 0 unspecified atom stereocenters. The molecule has 0 bridgehead atoms. The summed E-state index contributed by atoms with van der Waals surface area (Å²) in [4.78, 5) is 8.51. The number of hydrogen-bond acceptors (Lipinski definition) is 7. The molecule has 4 rings (SSSR count). The molecule has 142 valence electrons. The lowest BCUT2D eigenvalue weighted by Crippen LogP contribution is -2.33. The highest BCUT2D eigenvalue weighted by Gasteiger charge is 2.44. The predicted molar refractivity (Wildman–Crippen MR) is 93.0 cm³/mol. The molecule has 4 atom stereocenters. The van der Waals surface area contributed by atoms with Gasteiger partial charge in [0, 0.05) is 6.20 Å². The first-order chi connectivity index (χ1) is 12.6. The number of ether oxygens (including phenoxy) is 2. The number of rotatable bonds is 4. The number of halogens is 1. The van der Waals surface area contributed by atoms with E-state index in [1.807, 2.05) is 0 Å². The summed E-state index contributed by atoms with van der Waals surface area (Å²) >= 11 is 6.40. The molecule has 3 N–H and O–H groups in total. The molecule has 1 saturated heterocycles. The SMILES string of the molecule is OC[C@H]1O[C@@H](n2cc(Cl)c3c(OC4CCCCC4)ncnc32)[C@H](O)[C@@H]1O. The van der Waals surface area contributed by atoms with Gasteiger partial charge in [0.05, 0.1) is 17.0 Å². The maximum absolute atomic E-state index is 10.3. The van der Waals surface area contributed by atoms with Gasteiger partial charge in [-0.15, -0.1) is 0 Å². The summed E-state index contributed by atoms with van der Waals surface area (Å²) < 4.78 is 13.2. The average molecular weight is 384 g/mol. The maximum atomic E-state index is 10.3. The van der Waals surface area contributed by atoms with Crippen LogP contribution in [0.2, 0.25) is 5.02 Å². The van der Waals surface area contributed by atoms with Crippen molar-refractivity contribution in [2.45, 2.75) is 62.7 Å². The van der Waals surface area contributed by atoms with E-state index in [2.05, 4.69) is 9.97 Å². The van der Waals surface area contributed by atoms with E-state index in [4.69, 9.17) is 21.1 Å². The topological polar surface area (TPSA) is 110 Å². The summed E-state index contributed by atoms with van der Waals surface area (Å²) in [5, 5.41) is 30.5. The summed E-state index contributed by atoms with van der Waals surface area (Å²) in [5.41, 5.74) is 0.450. The van der Waals surface area contributed by atoms with Crippen molar-refractivity contribution in [2.24, 2.45) is 0 Å². The van der Waals surface area contributed by atoms with Crippen LogP contribution in [0.3, 0.4) is 0 Å². The Bertz CT molecular complexity index is 779. The van der Waals surface area contributed by atoms with Crippen LogP contribution in [0.4, 0.5) is 0 Å². The fourth-order valence-corrected chi connectivity index (χ4v) is 4.02. The molecule has 1 saturated carbocycles. The van der Waals surface area contributed by atoms with Crippen molar-refractivity contribution in [1.29, 1.82) is 0 Å². The van der Waals surface area contributed by atoms with Gasteiger partial charge >= 0.3 is 0 Å². The van der Waals surface area contributed by atoms with E-state index >= 15 is 0 Å². The quantitative estimate of drug-likeness (QED) is 0.732. The minimum Gasteiger partial charge on any atom is -0.474 e. The zero-order chi connectivity index (χ0) is 18.3. The number of nitrogens with zero attached hydrogens (tertiary/aromatic N) is 3. The molecule has 1 aliphatic heterocycles. The van der Waals surface area contributed by atoms with Crippen LogP contribution in [-0.2, 0) is 4.74 Å². The Hall–Kier alpha value is -1.45. The summed E-state index contributed by atoms with van der Waals surface area (Å²) in [5.74, 6) is 0.414. The first-order valence-electron chi connectivity index (χ1n) is 8.90. The van der Waals surface area contributed by atoms with E-state index in [1.54, 1.807) is 10.8 Å². The zero-order valence-corrected chi connectivity index (χ0v) is 14.9. The second-order valence-electron chi connectivity index (χ2n) is 6.87. The number of aliphatic hydroxyl groups is 3. The van der Waals surface area contributed by atoms with Crippen LogP contribution in [0.1, 0.15) is 38.3 Å². The molecule has 1 aliphatic carbocycles. The van der Waals surface area contributed by atoms with E-state index in [1.165, 1.54) is 12.7 Å². The van der Waals surface area contributed by atoms with Gasteiger partial charge in [0.25, 0.3) is 0 Å². The fraction of sp³-hybridized carbons (Fsp3) is 0.647. The largest absolute Gasteiger partial charge is 0.474 e. The highest BCUT2D eigenvalue weighted by atomic mass is 35.5. The van der Waals surface area contributed by atoms with E-state index in [0.717, 1.165) is 25.7 Å². The van der Waals surface area contributed by atoms with Crippen molar-refractivity contribution in [3.63, 3.8) is 0 Å². The van der Waals surface area contributed by atoms with Gasteiger partial charge in [-0.05, 0) is 25.7 Å². The molecule has 2 aromatic rings. The molecule has 2 aromatic heterocycles. The standard InChI is InChI=1S/C17H22ClN3O5/c18-10-6-21(17-14(24)13(23)11(7-22)26-17)15-12(10)16(20-8-19-15)25-9-4-2-1-3-5-9/h6,8-9,11,13-14,17,22-24H,1-5,7H2/t11-,13-,14-,17-/m1/s1. The number of aliphatic hydroxyl groups excluding tert-OH is 3. The van der Waals surface area contributed by atoms with Crippen LogP contribution >= 0.6 is 11.6 Å². The van der Waals surface area contributed by atoms with E-state index in [9.17, 15) is 15.3 Å². The Morgan fingerprint density at radius 3 is 2.65 bits per heavy atom. The second-order valence-corrected chi connectivity index (χ2v) is 7.28. The molecule has 0 amide bonds. The molecule has 3 heterocycles. The van der Waals surface area contributed by atoms with E-state index in [-0.39, 0.29) is 6.10 Å². The monoisotopic (exact) mass is 383 g/mol. The molecule has 2 aliphatic rings. The van der Waals surface area contributed by atoms with E-state index in [0.29, 0.717) is 21.9 Å². The van der Waals surface area contributed by atoms with Crippen LogP contribution in [0.15, 0.2) is 12.5 Å². The molecule has 26 heavy (non-hydrogen) atoms. The summed E-state index contributed by atoms with van der Waals surface area (Å²) in [6.07, 6.45) is 4.35. The third kappa shape index (κ3) is 3.05. The van der Waals surface area contributed by atoms with Gasteiger partial charge in [0.2, 0.25) is 5.88 Å². The van der Waals surface area contributed by atoms with Crippen molar-refractivity contribution in [1.82, 2.24) is 14.5 Å². The highest BCUT2D eigenvalue weighted by Crippen LogP contribution is 2.38. The zero-order valence-electron chi connectivity index (χ0n) is 14.2. The normalized spacial score (nSPS) is 30.2. The van der Waals surface area contributed by atoms with Gasteiger partial charge in [-0.3, -0.25) is 0 Å². The summed E-state index contributed by atoms with van der Waals surface area (Å²) in [6, 6.07) is 0. The van der Waals surface area contributed by atoms with Gasteiger partial charge in [0.15, 0.2) is 11.9 Å². The predicted octanol–water partition coefficient (Wildman–Crippen LogP) is 1.41. The van der Waals surface area contributed by atoms with Crippen LogP contribution in [0.25, 0.3) is 11.0 Å². The van der Waals surface area contributed by atoms with Gasteiger partial charge in [-0.25, -0.2) is 9.97 Å². The van der Waals surface area contributed by atoms with Gasteiger partial charge in [-0.1, -0.05) is 18.0 Å². The summed E-state index contributed by atoms with van der Waals surface area (Å²) in [7, 11) is 0. The lowest BCUT2D eigenvalue weighted by Gasteiger charge is -2.22. The van der Waals surface area contributed by atoms with Crippen molar-refractivity contribution >= 4 is 22.6 Å². The smallest absolute Gasteiger partial charge is 0.227 e. The van der Waals surface area contributed by atoms with Gasteiger partial charge in [-0.2, -0.15) is 0 Å². The Balaban J connectivity index is 1.68. The maximum Gasteiger partial charge on any atom is 0.227 e. The lowest BCUT2D eigenvalue weighted by molar-refractivity contribution is -0.0508. The molecule has 8 nitrogen and oxygen atoms in total. The Labute approximate surface area is 155 Å². The number of fused-ring (bicyclic) bond motifs is 1. The third-order valence-corrected chi connectivity index (χ3v) is 5.44. The molecule has 0 aromatic carbocycles. The minimum absolute atomic E-state index is 0.107.